The van der Waals surface area contributed by atoms with E-state index in [-0.39, 0.29) is 36.7 Å². The molecule has 0 saturated carbocycles. The summed E-state index contributed by atoms with van der Waals surface area (Å²) >= 11 is 3.40. The van der Waals surface area contributed by atoms with Gasteiger partial charge in [0.05, 0.1) is 23.0 Å². The number of aryl methyl sites for hydroxylation is 1. The van der Waals surface area contributed by atoms with Gasteiger partial charge >= 0.3 is 0 Å². The van der Waals surface area contributed by atoms with E-state index in [1.165, 1.54) is 17.0 Å². The Bertz CT molecular complexity index is 1020. The van der Waals surface area contributed by atoms with Crippen LogP contribution in [0.3, 0.4) is 0 Å². The zero-order chi connectivity index (χ0) is 22.7. The van der Waals surface area contributed by atoms with Gasteiger partial charge in [-0.25, -0.2) is 14.4 Å². The van der Waals surface area contributed by atoms with Gasteiger partial charge in [-0.1, -0.05) is 27.2 Å². The summed E-state index contributed by atoms with van der Waals surface area (Å²) in [5.41, 5.74) is 8.53. The molecule has 166 valence electrons. The number of carbonyl (C=O) groups is 1. The third-order valence-corrected chi connectivity index (χ3v) is 5.53. The monoisotopic (exact) mass is 494 g/mol. The number of aliphatic hydroxyl groups is 1. The van der Waals surface area contributed by atoms with Crippen LogP contribution >= 0.6 is 15.9 Å². The zero-order valence-corrected chi connectivity index (χ0v) is 19.0. The number of oxime groups is 1. The normalized spacial score (nSPS) is 17.6. The molecule has 1 aromatic carbocycles. The van der Waals surface area contributed by atoms with Crippen LogP contribution in [0.5, 0.6) is 0 Å². The summed E-state index contributed by atoms with van der Waals surface area (Å²) in [6.07, 6.45) is -0.404. The fraction of sp³-hybridized carbons (Fsp3) is 0.400. The van der Waals surface area contributed by atoms with E-state index >= 15 is 0 Å². The maximum absolute atomic E-state index is 13.6. The molecular formula is C20H24BrFN6O3. The highest BCUT2D eigenvalue weighted by atomic mass is 79.9. The van der Waals surface area contributed by atoms with E-state index in [0.717, 1.165) is 5.56 Å². The second kappa shape index (κ2) is 9.56. The molecule has 9 nitrogen and oxygen atoms in total. The number of rotatable bonds is 6. The summed E-state index contributed by atoms with van der Waals surface area (Å²) in [7, 11) is 3.19. The van der Waals surface area contributed by atoms with Crippen molar-refractivity contribution in [3.63, 3.8) is 0 Å². The number of aliphatic hydroxyl groups excluding tert-OH is 1. The summed E-state index contributed by atoms with van der Waals surface area (Å²) in [5, 5.41) is 16.8. The number of amides is 1. The first-order chi connectivity index (χ1) is 14.7. The number of fused-ring (bicyclic) bond motifs is 1. The van der Waals surface area contributed by atoms with Crippen molar-refractivity contribution in [3.05, 3.63) is 51.0 Å². The second-order valence-corrected chi connectivity index (χ2v) is 8.19. The Morgan fingerprint density at radius 3 is 2.87 bits per heavy atom. The van der Waals surface area contributed by atoms with E-state index in [0.29, 0.717) is 33.7 Å². The number of halogens is 2. The summed E-state index contributed by atoms with van der Waals surface area (Å²) in [6, 6.07) is 4.12. The van der Waals surface area contributed by atoms with Crippen LogP contribution in [0.2, 0.25) is 0 Å². The number of anilines is 1. The van der Waals surface area contributed by atoms with Crippen LogP contribution in [-0.2, 0) is 16.1 Å². The maximum atomic E-state index is 13.6. The molecule has 1 aliphatic rings. The maximum Gasteiger partial charge on any atom is 0.266 e. The highest BCUT2D eigenvalue weighted by Crippen LogP contribution is 2.31. The Morgan fingerprint density at radius 2 is 2.23 bits per heavy atom. The standard InChI is InChI=1S/C20H24BrFN6O3/c1-10-17-15(26-20(23)24-10)9-14(12-5-4-11(22)8-13(12)21)25-18(17)27-31-16(6-7-29)19(30)28(2)3/h4-5,8,14,16,29H,6-7,9H2,1-3H3,(H,25,27)(H2,23,24,26). The number of hydrogen-bond donors (Lipinski definition) is 3. The first-order valence-electron chi connectivity index (χ1n) is 9.62. The van der Waals surface area contributed by atoms with Gasteiger partial charge in [-0.15, -0.1) is 0 Å². The van der Waals surface area contributed by atoms with E-state index in [1.807, 2.05) is 0 Å². The van der Waals surface area contributed by atoms with Crippen molar-refractivity contribution in [2.24, 2.45) is 5.16 Å². The summed E-state index contributed by atoms with van der Waals surface area (Å²) < 4.78 is 14.2. The number of nitrogens with two attached hydrogens (primary N) is 1. The molecule has 0 fully saturated rings. The van der Waals surface area contributed by atoms with Crippen LogP contribution in [0, 0.1) is 12.7 Å². The van der Waals surface area contributed by atoms with Crippen molar-refractivity contribution in [1.82, 2.24) is 20.2 Å². The van der Waals surface area contributed by atoms with Crippen molar-refractivity contribution < 1.29 is 19.1 Å². The second-order valence-electron chi connectivity index (χ2n) is 7.33. The van der Waals surface area contributed by atoms with Gasteiger partial charge in [-0.2, -0.15) is 0 Å². The molecule has 0 radical (unpaired) electrons. The molecule has 2 heterocycles. The van der Waals surface area contributed by atoms with Crippen LogP contribution in [0.25, 0.3) is 0 Å². The van der Waals surface area contributed by atoms with Crippen LogP contribution in [0.15, 0.2) is 27.8 Å². The van der Waals surface area contributed by atoms with Gasteiger partial charge in [0.1, 0.15) is 5.82 Å². The molecule has 31 heavy (non-hydrogen) atoms. The van der Waals surface area contributed by atoms with E-state index in [1.54, 1.807) is 27.1 Å². The number of nitrogens with zero attached hydrogens (tertiary/aromatic N) is 4. The SMILES string of the molecule is Cc1nc(N)nc2c1C(=NOC(CCO)C(=O)N(C)C)NC(c1ccc(F)cc1Br)C2. The molecule has 1 aromatic heterocycles. The Labute approximate surface area is 187 Å². The minimum absolute atomic E-state index is 0.0881. The Balaban J connectivity index is 2.01. The fourth-order valence-corrected chi connectivity index (χ4v) is 4.01. The molecule has 0 bridgehead atoms. The summed E-state index contributed by atoms with van der Waals surface area (Å²) in [4.78, 5) is 27.8. The zero-order valence-electron chi connectivity index (χ0n) is 17.4. The van der Waals surface area contributed by atoms with Crippen molar-refractivity contribution >= 4 is 33.6 Å². The van der Waals surface area contributed by atoms with Crippen LogP contribution in [-0.4, -0.2) is 58.5 Å². The molecule has 0 saturated heterocycles. The first kappa shape index (κ1) is 22.9. The number of carbonyl (C=O) groups excluding carboxylic acids is 1. The van der Waals surface area contributed by atoms with E-state index < -0.39 is 6.10 Å². The van der Waals surface area contributed by atoms with Crippen molar-refractivity contribution in [2.45, 2.75) is 31.9 Å². The number of hydrogen-bond acceptors (Lipinski definition) is 7. The molecule has 1 aliphatic heterocycles. The first-order valence-corrected chi connectivity index (χ1v) is 10.4. The van der Waals surface area contributed by atoms with E-state index in [2.05, 4.69) is 36.4 Å². The predicted octanol–water partition coefficient (Wildman–Crippen LogP) is 1.67. The number of amidine groups is 1. The van der Waals surface area contributed by atoms with Gasteiger partial charge in [0.2, 0.25) is 12.1 Å². The topological polar surface area (TPSA) is 126 Å². The molecule has 1 amide bonds. The van der Waals surface area contributed by atoms with Crippen molar-refractivity contribution in [1.29, 1.82) is 0 Å². The number of benzene rings is 1. The molecule has 0 spiro atoms. The van der Waals surface area contributed by atoms with Gasteiger partial charge < -0.3 is 25.9 Å². The molecule has 0 aliphatic carbocycles. The van der Waals surface area contributed by atoms with Gasteiger partial charge in [-0.3, -0.25) is 4.79 Å². The average molecular weight is 495 g/mol. The number of aromatic nitrogens is 2. The van der Waals surface area contributed by atoms with Gasteiger partial charge in [-0.05, 0) is 24.6 Å². The smallest absolute Gasteiger partial charge is 0.266 e. The summed E-state index contributed by atoms with van der Waals surface area (Å²) in [5.74, 6) is -0.219. The van der Waals surface area contributed by atoms with Gasteiger partial charge in [0.25, 0.3) is 5.91 Å². The lowest BCUT2D eigenvalue weighted by Gasteiger charge is -2.29. The van der Waals surface area contributed by atoms with Crippen LogP contribution < -0.4 is 11.1 Å². The number of nitrogen functional groups attached to an aromatic ring is 1. The minimum atomic E-state index is -0.953. The van der Waals surface area contributed by atoms with Crippen LogP contribution in [0.4, 0.5) is 10.3 Å². The molecular weight excluding hydrogens is 471 g/mol. The van der Waals surface area contributed by atoms with Crippen LogP contribution in [0.1, 0.15) is 35.0 Å². The predicted molar refractivity (Wildman–Crippen MR) is 117 cm³/mol. The van der Waals surface area contributed by atoms with Crippen molar-refractivity contribution in [3.8, 4) is 0 Å². The molecule has 2 aromatic rings. The molecule has 11 heteroatoms. The number of likely N-dealkylation sites (N-methyl/N-ethyl adjacent to an activating group) is 1. The lowest BCUT2D eigenvalue weighted by Crippen LogP contribution is -2.39. The molecule has 4 N–H and O–H groups in total. The van der Waals surface area contributed by atoms with E-state index in [9.17, 15) is 14.3 Å². The Hall–Kier alpha value is -2.79. The largest absolute Gasteiger partial charge is 0.396 e. The molecule has 2 atom stereocenters. The Morgan fingerprint density at radius 1 is 1.48 bits per heavy atom. The third kappa shape index (κ3) is 5.10. The van der Waals surface area contributed by atoms with Crippen molar-refractivity contribution in [2.75, 3.05) is 26.4 Å². The lowest BCUT2D eigenvalue weighted by molar-refractivity contribution is -0.142. The third-order valence-electron chi connectivity index (χ3n) is 4.84. The highest BCUT2D eigenvalue weighted by Gasteiger charge is 2.30. The Kier molecular flexibility index (Phi) is 7.06. The fourth-order valence-electron chi connectivity index (χ4n) is 3.38. The van der Waals surface area contributed by atoms with E-state index in [4.69, 9.17) is 10.6 Å². The summed E-state index contributed by atoms with van der Waals surface area (Å²) in [6.45, 7) is 1.54. The van der Waals surface area contributed by atoms with Gasteiger partial charge in [0, 0.05) is 38.0 Å². The quantitative estimate of drug-likeness (QED) is 0.521. The number of nitrogens with one attached hydrogen (secondary N) is 1. The molecule has 2 unspecified atom stereocenters. The highest BCUT2D eigenvalue weighted by molar-refractivity contribution is 9.10. The minimum Gasteiger partial charge on any atom is -0.396 e. The molecule has 3 rings (SSSR count). The lowest BCUT2D eigenvalue weighted by atomic mass is 9.94. The average Bonchev–Trinajstić information content (AvgIpc) is 2.69. The van der Waals surface area contributed by atoms with Gasteiger partial charge in [0.15, 0.2) is 5.84 Å².